The molecule has 0 aliphatic rings. The van der Waals surface area contributed by atoms with Crippen molar-refractivity contribution in [1.82, 2.24) is 14.6 Å². The van der Waals surface area contributed by atoms with Crippen molar-refractivity contribution < 1.29 is 5.11 Å². The van der Waals surface area contributed by atoms with Gasteiger partial charge in [-0.1, -0.05) is 0 Å². The standard InChI is InChI=1S/C8H10N4O/c9-3-8(13)7-2-1-6-4-10-5-11-12(6)7/h1-2,4-5,8,13H,3,9H2. The summed E-state index contributed by atoms with van der Waals surface area (Å²) in [7, 11) is 0. The number of nitrogens with two attached hydrogens (primary N) is 1. The Morgan fingerprint density at radius 1 is 1.54 bits per heavy atom. The molecule has 0 aliphatic carbocycles. The van der Waals surface area contributed by atoms with Crippen molar-refractivity contribution in [3.63, 3.8) is 0 Å². The summed E-state index contributed by atoms with van der Waals surface area (Å²) in [6, 6.07) is 3.63. The largest absolute Gasteiger partial charge is 0.385 e. The highest BCUT2D eigenvalue weighted by Crippen LogP contribution is 2.13. The lowest BCUT2D eigenvalue weighted by Crippen LogP contribution is -2.14. The number of aliphatic hydroxyl groups excluding tert-OH is 1. The summed E-state index contributed by atoms with van der Waals surface area (Å²) in [5, 5.41) is 13.5. The van der Waals surface area contributed by atoms with Gasteiger partial charge in [-0.3, -0.25) is 0 Å². The minimum Gasteiger partial charge on any atom is -0.385 e. The van der Waals surface area contributed by atoms with E-state index in [4.69, 9.17) is 5.73 Å². The molecule has 0 bridgehead atoms. The molecule has 1 unspecified atom stereocenters. The lowest BCUT2D eigenvalue weighted by molar-refractivity contribution is 0.179. The molecule has 0 fully saturated rings. The molecule has 0 aromatic carbocycles. The molecule has 68 valence electrons. The Kier molecular flexibility index (Phi) is 1.96. The zero-order valence-electron chi connectivity index (χ0n) is 6.96. The second kappa shape index (κ2) is 3.12. The maximum atomic E-state index is 9.51. The predicted molar refractivity (Wildman–Crippen MR) is 47.0 cm³/mol. The van der Waals surface area contributed by atoms with Crippen molar-refractivity contribution in [3.05, 3.63) is 30.4 Å². The maximum Gasteiger partial charge on any atom is 0.136 e. The van der Waals surface area contributed by atoms with Crippen molar-refractivity contribution in [1.29, 1.82) is 0 Å². The third-order valence-electron chi connectivity index (χ3n) is 1.92. The minimum absolute atomic E-state index is 0.191. The van der Waals surface area contributed by atoms with E-state index in [1.807, 2.05) is 6.07 Å². The number of aromatic nitrogens is 3. The monoisotopic (exact) mass is 178 g/mol. The first-order valence-electron chi connectivity index (χ1n) is 3.98. The molecule has 0 saturated carbocycles. The molecule has 0 saturated heterocycles. The molecule has 2 heterocycles. The first kappa shape index (κ1) is 8.15. The number of nitrogens with zero attached hydrogens (tertiary/aromatic N) is 3. The van der Waals surface area contributed by atoms with Gasteiger partial charge in [-0.2, -0.15) is 5.10 Å². The van der Waals surface area contributed by atoms with E-state index in [9.17, 15) is 5.11 Å². The van der Waals surface area contributed by atoms with Crippen molar-refractivity contribution in [2.24, 2.45) is 5.73 Å². The summed E-state index contributed by atoms with van der Waals surface area (Å²) in [6.07, 6.45) is 2.44. The van der Waals surface area contributed by atoms with Gasteiger partial charge >= 0.3 is 0 Å². The van der Waals surface area contributed by atoms with Crippen LogP contribution in [0, 0.1) is 0 Å². The highest BCUT2D eigenvalue weighted by Gasteiger charge is 2.10. The Hall–Kier alpha value is -1.46. The van der Waals surface area contributed by atoms with E-state index in [0.717, 1.165) is 5.52 Å². The zero-order chi connectivity index (χ0) is 9.26. The van der Waals surface area contributed by atoms with Crippen molar-refractivity contribution in [2.75, 3.05) is 6.54 Å². The lowest BCUT2D eigenvalue weighted by atomic mass is 10.3. The van der Waals surface area contributed by atoms with E-state index in [2.05, 4.69) is 10.1 Å². The van der Waals surface area contributed by atoms with Crippen molar-refractivity contribution in [3.8, 4) is 0 Å². The number of aliphatic hydroxyl groups is 1. The fourth-order valence-corrected chi connectivity index (χ4v) is 1.26. The summed E-state index contributed by atoms with van der Waals surface area (Å²) in [5.41, 5.74) is 6.89. The summed E-state index contributed by atoms with van der Waals surface area (Å²) in [4.78, 5) is 3.87. The van der Waals surface area contributed by atoms with E-state index in [0.29, 0.717) is 5.69 Å². The third-order valence-corrected chi connectivity index (χ3v) is 1.92. The lowest BCUT2D eigenvalue weighted by Gasteiger charge is -2.06. The van der Waals surface area contributed by atoms with E-state index in [1.165, 1.54) is 6.33 Å². The highest BCUT2D eigenvalue weighted by atomic mass is 16.3. The van der Waals surface area contributed by atoms with Crippen LogP contribution >= 0.6 is 0 Å². The average molecular weight is 178 g/mol. The van der Waals surface area contributed by atoms with Crippen LogP contribution in [0.4, 0.5) is 0 Å². The number of rotatable bonds is 2. The SMILES string of the molecule is NCC(O)c1ccc2cncnn12. The van der Waals surface area contributed by atoms with Crippen LogP contribution in [0.5, 0.6) is 0 Å². The zero-order valence-corrected chi connectivity index (χ0v) is 6.96. The second-order valence-electron chi connectivity index (χ2n) is 2.76. The Morgan fingerprint density at radius 3 is 3.15 bits per heavy atom. The van der Waals surface area contributed by atoms with Crippen LogP contribution in [-0.4, -0.2) is 26.2 Å². The Morgan fingerprint density at radius 2 is 2.38 bits per heavy atom. The normalized spacial score (nSPS) is 13.4. The topological polar surface area (TPSA) is 76.4 Å². The van der Waals surface area contributed by atoms with Gasteiger partial charge in [-0.25, -0.2) is 9.50 Å². The minimum atomic E-state index is -0.669. The second-order valence-corrected chi connectivity index (χ2v) is 2.76. The molecule has 5 heteroatoms. The quantitative estimate of drug-likeness (QED) is 0.663. The number of hydrogen-bond acceptors (Lipinski definition) is 4. The smallest absolute Gasteiger partial charge is 0.136 e. The molecule has 5 nitrogen and oxygen atoms in total. The molecule has 13 heavy (non-hydrogen) atoms. The van der Waals surface area contributed by atoms with Gasteiger partial charge in [-0.15, -0.1) is 0 Å². The van der Waals surface area contributed by atoms with E-state index in [1.54, 1.807) is 16.8 Å². The van der Waals surface area contributed by atoms with Crippen LogP contribution in [0.2, 0.25) is 0 Å². The molecule has 1 atom stereocenters. The molecule has 3 N–H and O–H groups in total. The van der Waals surface area contributed by atoms with E-state index < -0.39 is 6.10 Å². The van der Waals surface area contributed by atoms with Gasteiger partial charge in [-0.05, 0) is 12.1 Å². The molecule has 0 spiro atoms. The van der Waals surface area contributed by atoms with Crippen LogP contribution in [0.15, 0.2) is 24.7 Å². The average Bonchev–Trinajstić information content (AvgIpc) is 2.60. The van der Waals surface area contributed by atoms with Crippen LogP contribution in [0.25, 0.3) is 5.52 Å². The third kappa shape index (κ3) is 1.28. The van der Waals surface area contributed by atoms with Gasteiger partial charge in [0.15, 0.2) is 0 Å². The van der Waals surface area contributed by atoms with Crippen LogP contribution in [0.1, 0.15) is 11.8 Å². The van der Waals surface area contributed by atoms with Gasteiger partial charge in [0.2, 0.25) is 0 Å². The van der Waals surface area contributed by atoms with Crippen molar-refractivity contribution in [2.45, 2.75) is 6.10 Å². The van der Waals surface area contributed by atoms with Crippen LogP contribution in [-0.2, 0) is 0 Å². The van der Waals surface area contributed by atoms with E-state index >= 15 is 0 Å². The molecule has 0 aliphatic heterocycles. The highest BCUT2D eigenvalue weighted by molar-refractivity contribution is 5.46. The Bertz CT molecular complexity index is 411. The Balaban J connectivity index is 2.57. The Labute approximate surface area is 74.8 Å². The molecule has 2 rings (SSSR count). The van der Waals surface area contributed by atoms with Gasteiger partial charge in [0.05, 0.1) is 17.4 Å². The number of fused-ring (bicyclic) bond motifs is 1. The van der Waals surface area contributed by atoms with Crippen molar-refractivity contribution >= 4 is 5.52 Å². The summed E-state index contributed by atoms with van der Waals surface area (Å²) in [6.45, 7) is 0.191. The van der Waals surface area contributed by atoms with Gasteiger partial charge < -0.3 is 10.8 Å². The molecule has 0 radical (unpaired) electrons. The summed E-state index contributed by atoms with van der Waals surface area (Å²) < 4.78 is 1.63. The molecule has 2 aromatic rings. The van der Waals surface area contributed by atoms with Gasteiger partial charge in [0, 0.05) is 6.54 Å². The molecular weight excluding hydrogens is 168 g/mol. The first-order valence-corrected chi connectivity index (χ1v) is 3.98. The fourth-order valence-electron chi connectivity index (χ4n) is 1.26. The predicted octanol–water partition coefficient (Wildman–Crippen LogP) is -0.279. The van der Waals surface area contributed by atoms with Crippen LogP contribution < -0.4 is 5.73 Å². The summed E-state index contributed by atoms with van der Waals surface area (Å²) >= 11 is 0. The molecular formula is C8H10N4O. The number of hydrogen-bond donors (Lipinski definition) is 2. The van der Waals surface area contributed by atoms with E-state index in [-0.39, 0.29) is 6.54 Å². The molecule has 2 aromatic heterocycles. The molecule has 0 amide bonds. The van der Waals surface area contributed by atoms with Crippen LogP contribution in [0.3, 0.4) is 0 Å². The van der Waals surface area contributed by atoms with Gasteiger partial charge in [0.1, 0.15) is 12.4 Å². The fraction of sp³-hybridized carbons (Fsp3) is 0.250. The first-order chi connectivity index (χ1) is 6.33. The van der Waals surface area contributed by atoms with Gasteiger partial charge in [0.25, 0.3) is 0 Å². The summed E-state index contributed by atoms with van der Waals surface area (Å²) in [5.74, 6) is 0. The maximum absolute atomic E-state index is 9.51.